The Kier molecular flexibility index (Phi) is 5.01. The molecule has 1 aliphatic carbocycles. The van der Waals surface area contributed by atoms with E-state index in [0.717, 1.165) is 25.7 Å². The number of hydrogen-bond acceptors (Lipinski definition) is 2. The maximum absolute atomic E-state index is 11.9. The van der Waals surface area contributed by atoms with Crippen LogP contribution >= 0.6 is 0 Å². The smallest absolute Gasteiger partial charge is 0.352 e. The highest BCUT2D eigenvalue weighted by Crippen LogP contribution is 2.35. The predicted molar refractivity (Wildman–Crippen MR) is 63.1 cm³/mol. The minimum Gasteiger partial charge on any atom is -0.352 e. The van der Waals surface area contributed by atoms with Crippen molar-refractivity contribution < 1.29 is 18.0 Å². The Bertz CT molecular complexity index is 290. The fraction of sp³-hybridized carbons (Fsp3) is 0.917. The van der Waals surface area contributed by atoms with Gasteiger partial charge in [0.25, 0.3) is 0 Å². The standard InChI is InChI=1S/C12H21F3N2O/c1-11(2)6-4-3-5-9(11)17-10(18)7-16-8-12(13,14)15/h9,16H,3-8H2,1-2H3,(H,17,18). The third kappa shape index (κ3) is 5.25. The Hall–Kier alpha value is -0.780. The highest BCUT2D eigenvalue weighted by Gasteiger charge is 2.33. The summed E-state index contributed by atoms with van der Waals surface area (Å²) in [7, 11) is 0. The van der Waals surface area contributed by atoms with Crippen LogP contribution in [0.2, 0.25) is 0 Å². The van der Waals surface area contributed by atoms with E-state index >= 15 is 0 Å². The summed E-state index contributed by atoms with van der Waals surface area (Å²) in [6, 6.07) is 0.0615. The second-order valence-electron chi connectivity index (χ2n) is 5.57. The zero-order chi connectivity index (χ0) is 13.8. The molecule has 0 radical (unpaired) electrons. The van der Waals surface area contributed by atoms with Gasteiger partial charge in [0.1, 0.15) is 0 Å². The lowest BCUT2D eigenvalue weighted by Gasteiger charge is -2.39. The van der Waals surface area contributed by atoms with Gasteiger partial charge in [-0.15, -0.1) is 0 Å². The molecule has 0 heterocycles. The Morgan fingerprint density at radius 1 is 1.33 bits per heavy atom. The maximum atomic E-state index is 11.9. The lowest BCUT2D eigenvalue weighted by Crippen LogP contribution is -2.49. The second-order valence-corrected chi connectivity index (χ2v) is 5.57. The Balaban J connectivity index is 2.31. The summed E-state index contributed by atoms with van der Waals surface area (Å²) >= 11 is 0. The number of carbonyl (C=O) groups is 1. The number of hydrogen-bond donors (Lipinski definition) is 2. The molecule has 0 aromatic heterocycles. The van der Waals surface area contributed by atoms with Crippen molar-refractivity contribution in [3.05, 3.63) is 0 Å². The van der Waals surface area contributed by atoms with Crippen LogP contribution in [0.5, 0.6) is 0 Å². The lowest BCUT2D eigenvalue weighted by atomic mass is 9.73. The van der Waals surface area contributed by atoms with E-state index in [1.54, 1.807) is 0 Å². The molecule has 1 atom stereocenters. The zero-order valence-electron chi connectivity index (χ0n) is 10.9. The summed E-state index contributed by atoms with van der Waals surface area (Å²) in [6.45, 7) is 2.75. The summed E-state index contributed by atoms with van der Waals surface area (Å²) in [5, 5.41) is 4.93. The van der Waals surface area contributed by atoms with Crippen molar-refractivity contribution in [3.63, 3.8) is 0 Å². The van der Waals surface area contributed by atoms with Crippen molar-refractivity contribution in [1.29, 1.82) is 0 Å². The van der Waals surface area contributed by atoms with Gasteiger partial charge < -0.3 is 10.6 Å². The molecular formula is C12H21F3N2O. The number of amides is 1. The van der Waals surface area contributed by atoms with E-state index in [4.69, 9.17) is 0 Å². The fourth-order valence-corrected chi connectivity index (χ4v) is 2.32. The van der Waals surface area contributed by atoms with Crippen LogP contribution in [0.15, 0.2) is 0 Å². The molecule has 0 bridgehead atoms. The van der Waals surface area contributed by atoms with Crippen LogP contribution in [0, 0.1) is 5.41 Å². The average Bonchev–Trinajstić information content (AvgIpc) is 2.19. The number of rotatable bonds is 4. The van der Waals surface area contributed by atoms with Crippen molar-refractivity contribution in [2.75, 3.05) is 13.1 Å². The molecule has 1 aliphatic rings. The maximum Gasteiger partial charge on any atom is 0.401 e. The largest absolute Gasteiger partial charge is 0.401 e. The summed E-state index contributed by atoms with van der Waals surface area (Å²) in [5.41, 5.74) is 0.0257. The molecule has 0 aromatic carbocycles. The molecule has 1 unspecified atom stereocenters. The minimum absolute atomic E-state index is 0.0257. The highest BCUT2D eigenvalue weighted by atomic mass is 19.4. The summed E-state index contributed by atoms with van der Waals surface area (Å²) in [4.78, 5) is 11.5. The van der Waals surface area contributed by atoms with Gasteiger partial charge in [-0.05, 0) is 18.3 Å². The molecule has 18 heavy (non-hydrogen) atoms. The van der Waals surface area contributed by atoms with Crippen molar-refractivity contribution in [1.82, 2.24) is 10.6 Å². The Morgan fingerprint density at radius 3 is 2.56 bits per heavy atom. The van der Waals surface area contributed by atoms with E-state index in [1.807, 2.05) is 0 Å². The number of halogens is 3. The molecular weight excluding hydrogens is 245 g/mol. The molecule has 0 aliphatic heterocycles. The van der Waals surface area contributed by atoms with E-state index in [1.165, 1.54) is 0 Å². The van der Waals surface area contributed by atoms with Gasteiger partial charge in [0, 0.05) is 6.04 Å². The van der Waals surface area contributed by atoms with Gasteiger partial charge in [0.15, 0.2) is 0 Å². The summed E-state index contributed by atoms with van der Waals surface area (Å²) in [5.74, 6) is -0.362. The highest BCUT2D eigenvalue weighted by molar-refractivity contribution is 5.78. The van der Waals surface area contributed by atoms with E-state index in [2.05, 4.69) is 24.5 Å². The van der Waals surface area contributed by atoms with E-state index in [0.29, 0.717) is 0 Å². The quantitative estimate of drug-likeness (QED) is 0.819. The van der Waals surface area contributed by atoms with Crippen LogP contribution in [0.3, 0.4) is 0 Å². The average molecular weight is 266 g/mol. The third-order valence-electron chi connectivity index (χ3n) is 3.45. The lowest BCUT2D eigenvalue weighted by molar-refractivity contribution is -0.129. The Morgan fingerprint density at radius 2 is 2.00 bits per heavy atom. The summed E-state index contributed by atoms with van der Waals surface area (Å²) in [6.07, 6.45) is -0.133. The van der Waals surface area contributed by atoms with Crippen molar-refractivity contribution >= 4 is 5.91 Å². The van der Waals surface area contributed by atoms with Crippen molar-refractivity contribution in [2.45, 2.75) is 51.7 Å². The number of carbonyl (C=O) groups excluding carboxylic acids is 1. The molecule has 0 spiro atoms. The molecule has 106 valence electrons. The van der Waals surface area contributed by atoms with Gasteiger partial charge in [-0.3, -0.25) is 4.79 Å². The monoisotopic (exact) mass is 266 g/mol. The second kappa shape index (κ2) is 5.91. The molecule has 1 fully saturated rings. The minimum atomic E-state index is -4.27. The van der Waals surface area contributed by atoms with Gasteiger partial charge in [0.2, 0.25) is 5.91 Å². The predicted octanol–water partition coefficient (Wildman–Crippen LogP) is 2.22. The number of nitrogens with one attached hydrogen (secondary N) is 2. The zero-order valence-corrected chi connectivity index (χ0v) is 10.9. The SMILES string of the molecule is CC1(C)CCCCC1NC(=O)CNCC(F)(F)F. The van der Waals surface area contributed by atoms with Gasteiger partial charge in [-0.2, -0.15) is 13.2 Å². The van der Waals surface area contributed by atoms with Crippen LogP contribution in [0.25, 0.3) is 0 Å². The van der Waals surface area contributed by atoms with Crippen LogP contribution < -0.4 is 10.6 Å². The van der Waals surface area contributed by atoms with Gasteiger partial charge in [-0.25, -0.2) is 0 Å². The molecule has 1 rings (SSSR count). The van der Waals surface area contributed by atoms with Crippen LogP contribution in [-0.2, 0) is 4.79 Å². The summed E-state index contributed by atoms with van der Waals surface area (Å²) < 4.78 is 35.7. The van der Waals surface area contributed by atoms with E-state index < -0.39 is 12.7 Å². The molecule has 0 aromatic rings. The normalized spacial score (nSPS) is 23.7. The molecule has 3 nitrogen and oxygen atoms in total. The molecule has 0 saturated heterocycles. The molecule has 1 saturated carbocycles. The van der Waals surface area contributed by atoms with Crippen LogP contribution in [-0.4, -0.2) is 31.2 Å². The third-order valence-corrected chi connectivity index (χ3v) is 3.45. The van der Waals surface area contributed by atoms with E-state index in [-0.39, 0.29) is 23.9 Å². The first kappa shape index (κ1) is 15.3. The van der Waals surface area contributed by atoms with Crippen LogP contribution in [0.1, 0.15) is 39.5 Å². The molecule has 2 N–H and O–H groups in total. The first-order valence-corrected chi connectivity index (χ1v) is 6.27. The number of alkyl halides is 3. The Labute approximate surface area is 106 Å². The van der Waals surface area contributed by atoms with Crippen molar-refractivity contribution in [3.8, 4) is 0 Å². The van der Waals surface area contributed by atoms with Gasteiger partial charge in [0.05, 0.1) is 13.1 Å². The first-order valence-electron chi connectivity index (χ1n) is 6.27. The van der Waals surface area contributed by atoms with E-state index in [9.17, 15) is 18.0 Å². The van der Waals surface area contributed by atoms with Crippen molar-refractivity contribution in [2.24, 2.45) is 5.41 Å². The fourth-order valence-electron chi connectivity index (χ4n) is 2.32. The first-order chi connectivity index (χ1) is 8.21. The van der Waals surface area contributed by atoms with Crippen LogP contribution in [0.4, 0.5) is 13.2 Å². The van der Waals surface area contributed by atoms with Gasteiger partial charge >= 0.3 is 6.18 Å². The topological polar surface area (TPSA) is 41.1 Å². The van der Waals surface area contributed by atoms with Gasteiger partial charge in [-0.1, -0.05) is 26.7 Å². The molecule has 6 heteroatoms. The molecule has 1 amide bonds.